The van der Waals surface area contributed by atoms with Gasteiger partial charge in [-0.05, 0) is 25.8 Å². The lowest BCUT2D eigenvalue weighted by molar-refractivity contribution is -0.141. The van der Waals surface area contributed by atoms with E-state index in [9.17, 15) is 18.3 Å². The molecule has 1 fully saturated rings. The fraction of sp³-hybridized carbons (Fsp3) is 0.583. The highest BCUT2D eigenvalue weighted by molar-refractivity contribution is 5.67. The van der Waals surface area contributed by atoms with Crippen molar-refractivity contribution in [3.63, 3.8) is 0 Å². The second-order valence-corrected chi connectivity index (χ2v) is 5.15. The maximum atomic E-state index is 12.6. The summed E-state index contributed by atoms with van der Waals surface area (Å²) in [5, 5.41) is 10.0. The van der Waals surface area contributed by atoms with E-state index in [0.717, 1.165) is 12.3 Å². The van der Waals surface area contributed by atoms with Crippen LogP contribution in [-0.2, 0) is 6.18 Å². The van der Waals surface area contributed by atoms with Gasteiger partial charge < -0.3 is 15.7 Å². The number of hydrogen-bond acceptors (Lipinski definition) is 4. The molecule has 106 valence electrons. The summed E-state index contributed by atoms with van der Waals surface area (Å²) in [6.45, 7) is 2.50. The summed E-state index contributed by atoms with van der Waals surface area (Å²) in [6, 6.07) is 0.941. The number of anilines is 2. The Hall–Kier alpha value is -1.50. The summed E-state index contributed by atoms with van der Waals surface area (Å²) < 4.78 is 37.9. The molecule has 1 atom stereocenters. The van der Waals surface area contributed by atoms with E-state index in [1.807, 2.05) is 0 Å². The molecule has 0 aromatic carbocycles. The molecule has 0 amide bonds. The fourth-order valence-corrected chi connectivity index (χ4v) is 2.31. The van der Waals surface area contributed by atoms with Gasteiger partial charge in [0.25, 0.3) is 0 Å². The van der Waals surface area contributed by atoms with Gasteiger partial charge in [-0.2, -0.15) is 13.2 Å². The largest absolute Gasteiger partial charge is 0.433 e. The minimum atomic E-state index is -4.50. The Morgan fingerprint density at radius 2 is 2.16 bits per heavy atom. The SMILES string of the molecule is CC1(O)CCCN(c2cc(C(F)(F)F)ncc2N)C1. The van der Waals surface area contributed by atoms with E-state index >= 15 is 0 Å². The first-order valence-electron chi connectivity index (χ1n) is 5.99. The molecule has 2 heterocycles. The van der Waals surface area contributed by atoms with E-state index in [2.05, 4.69) is 4.98 Å². The Labute approximate surface area is 109 Å². The number of β-amino-alcohol motifs (C(OH)–C–C–N with tert-alkyl or cyclic N) is 1. The summed E-state index contributed by atoms with van der Waals surface area (Å²) >= 11 is 0. The Morgan fingerprint density at radius 3 is 2.74 bits per heavy atom. The molecule has 1 aliphatic rings. The normalized spacial score (nSPS) is 24.6. The zero-order valence-corrected chi connectivity index (χ0v) is 10.5. The Balaban J connectivity index is 2.33. The van der Waals surface area contributed by atoms with Crippen molar-refractivity contribution in [2.24, 2.45) is 0 Å². The van der Waals surface area contributed by atoms with Crippen LogP contribution < -0.4 is 10.6 Å². The number of nitrogens with two attached hydrogens (primary N) is 1. The van der Waals surface area contributed by atoms with Gasteiger partial charge in [-0.15, -0.1) is 0 Å². The van der Waals surface area contributed by atoms with Crippen molar-refractivity contribution in [2.45, 2.75) is 31.5 Å². The van der Waals surface area contributed by atoms with Crippen LogP contribution in [0.2, 0.25) is 0 Å². The molecule has 0 bridgehead atoms. The number of nitrogen functional groups attached to an aromatic ring is 1. The van der Waals surface area contributed by atoms with Crippen molar-refractivity contribution in [3.05, 3.63) is 18.0 Å². The van der Waals surface area contributed by atoms with Crippen molar-refractivity contribution >= 4 is 11.4 Å². The molecule has 0 radical (unpaired) electrons. The average molecular weight is 275 g/mol. The number of halogens is 3. The number of aliphatic hydroxyl groups is 1. The number of pyridine rings is 1. The lowest BCUT2D eigenvalue weighted by Gasteiger charge is -2.38. The average Bonchev–Trinajstić information content (AvgIpc) is 2.26. The van der Waals surface area contributed by atoms with Crippen LogP contribution in [0.3, 0.4) is 0 Å². The number of aromatic nitrogens is 1. The van der Waals surface area contributed by atoms with Crippen molar-refractivity contribution in [1.29, 1.82) is 0 Å². The molecule has 0 aliphatic carbocycles. The molecule has 1 aliphatic heterocycles. The van der Waals surface area contributed by atoms with Gasteiger partial charge in [0.2, 0.25) is 0 Å². The first kappa shape index (κ1) is 13.9. The van der Waals surface area contributed by atoms with Crippen molar-refractivity contribution in [2.75, 3.05) is 23.7 Å². The van der Waals surface area contributed by atoms with Crippen molar-refractivity contribution in [3.8, 4) is 0 Å². The van der Waals surface area contributed by atoms with Crippen molar-refractivity contribution in [1.82, 2.24) is 4.98 Å². The fourth-order valence-electron chi connectivity index (χ4n) is 2.31. The van der Waals surface area contributed by atoms with E-state index in [4.69, 9.17) is 5.73 Å². The van der Waals surface area contributed by atoms with Crippen LogP contribution in [0.4, 0.5) is 24.5 Å². The highest BCUT2D eigenvalue weighted by Gasteiger charge is 2.35. The summed E-state index contributed by atoms with van der Waals surface area (Å²) in [7, 11) is 0. The smallest absolute Gasteiger partial charge is 0.396 e. The molecule has 1 unspecified atom stereocenters. The topological polar surface area (TPSA) is 62.4 Å². The third kappa shape index (κ3) is 3.09. The molecule has 0 spiro atoms. The molecule has 4 nitrogen and oxygen atoms in total. The zero-order valence-electron chi connectivity index (χ0n) is 10.5. The third-order valence-electron chi connectivity index (χ3n) is 3.22. The molecule has 1 aromatic rings. The molecular formula is C12H16F3N3O. The van der Waals surface area contributed by atoms with Crippen LogP contribution in [-0.4, -0.2) is 28.8 Å². The van der Waals surface area contributed by atoms with Crippen LogP contribution in [0, 0.1) is 0 Å². The number of hydrogen-bond donors (Lipinski definition) is 2. The van der Waals surface area contributed by atoms with Crippen LogP contribution in [0.15, 0.2) is 12.3 Å². The van der Waals surface area contributed by atoms with E-state index in [1.165, 1.54) is 0 Å². The summed E-state index contributed by atoms with van der Waals surface area (Å²) in [5.41, 5.74) is 4.28. The first-order chi connectivity index (χ1) is 8.69. The lowest BCUT2D eigenvalue weighted by atomic mass is 9.94. The van der Waals surface area contributed by atoms with Gasteiger partial charge in [0.1, 0.15) is 5.69 Å². The third-order valence-corrected chi connectivity index (χ3v) is 3.22. The number of rotatable bonds is 1. The lowest BCUT2D eigenvalue weighted by Crippen LogP contribution is -2.46. The molecule has 7 heteroatoms. The number of nitrogens with zero attached hydrogens (tertiary/aromatic N) is 2. The van der Waals surface area contributed by atoms with Crippen LogP contribution in [0.5, 0.6) is 0 Å². The van der Waals surface area contributed by atoms with Gasteiger partial charge in [-0.3, -0.25) is 0 Å². The predicted octanol–water partition coefficient (Wildman–Crippen LogP) is 2.03. The quantitative estimate of drug-likeness (QED) is 0.823. The number of alkyl halides is 3. The van der Waals surface area contributed by atoms with E-state index < -0.39 is 17.5 Å². The molecule has 3 N–H and O–H groups in total. The summed E-state index contributed by atoms with van der Waals surface area (Å²) in [4.78, 5) is 4.98. The highest BCUT2D eigenvalue weighted by atomic mass is 19.4. The molecule has 1 saturated heterocycles. The van der Waals surface area contributed by atoms with E-state index in [-0.39, 0.29) is 17.9 Å². The van der Waals surface area contributed by atoms with E-state index in [1.54, 1.807) is 11.8 Å². The highest BCUT2D eigenvalue weighted by Crippen LogP contribution is 2.34. The van der Waals surface area contributed by atoms with Crippen LogP contribution in [0.1, 0.15) is 25.5 Å². The second-order valence-electron chi connectivity index (χ2n) is 5.15. The van der Waals surface area contributed by atoms with Gasteiger partial charge in [0.15, 0.2) is 0 Å². The molecule has 1 aromatic heterocycles. The van der Waals surface area contributed by atoms with Gasteiger partial charge in [-0.1, -0.05) is 0 Å². The number of piperidine rings is 1. The first-order valence-corrected chi connectivity index (χ1v) is 5.99. The van der Waals surface area contributed by atoms with Gasteiger partial charge in [0, 0.05) is 13.1 Å². The van der Waals surface area contributed by atoms with Gasteiger partial charge >= 0.3 is 6.18 Å². The maximum absolute atomic E-state index is 12.6. The maximum Gasteiger partial charge on any atom is 0.433 e. The monoisotopic (exact) mass is 275 g/mol. The molecule has 0 saturated carbocycles. The predicted molar refractivity (Wildman–Crippen MR) is 65.7 cm³/mol. The van der Waals surface area contributed by atoms with Gasteiger partial charge in [-0.25, -0.2) is 4.98 Å². The summed E-state index contributed by atoms with van der Waals surface area (Å²) in [6.07, 6.45) is -2.15. The van der Waals surface area contributed by atoms with E-state index in [0.29, 0.717) is 19.4 Å². The van der Waals surface area contributed by atoms with Crippen LogP contribution in [0.25, 0.3) is 0 Å². The minimum absolute atomic E-state index is 0.186. The Morgan fingerprint density at radius 1 is 1.47 bits per heavy atom. The Kier molecular flexibility index (Phi) is 3.34. The van der Waals surface area contributed by atoms with Crippen LogP contribution >= 0.6 is 0 Å². The van der Waals surface area contributed by atoms with Crippen molar-refractivity contribution < 1.29 is 18.3 Å². The Bertz CT molecular complexity index is 474. The minimum Gasteiger partial charge on any atom is -0.396 e. The standard InChI is InChI=1S/C12H16F3N3O/c1-11(19)3-2-4-18(7-11)9-5-10(12(13,14)15)17-6-8(9)16/h5-6,19H,2-4,7,16H2,1H3. The summed E-state index contributed by atoms with van der Waals surface area (Å²) in [5.74, 6) is 0. The zero-order chi connectivity index (χ0) is 14.3. The molecule has 2 rings (SSSR count). The molecule has 19 heavy (non-hydrogen) atoms. The molecular weight excluding hydrogens is 259 g/mol. The second kappa shape index (κ2) is 4.56. The van der Waals surface area contributed by atoms with Gasteiger partial charge in [0.05, 0.1) is 23.2 Å².